The molecule has 0 unspecified atom stereocenters. The fraction of sp³-hybridized carbons (Fsp3) is 0.600. The van der Waals surface area contributed by atoms with Crippen LogP contribution in [0.2, 0.25) is 0 Å². The second-order valence-corrected chi connectivity index (χ2v) is 6.45. The number of halogens is 1. The van der Waals surface area contributed by atoms with Gasteiger partial charge in [-0.15, -0.1) is 0 Å². The Kier molecular flexibility index (Phi) is 5.04. The molecular weight excluding hydrogens is 260 g/mol. The smallest absolute Gasteiger partial charge is 0.00858 e. The van der Waals surface area contributed by atoms with Gasteiger partial charge in [0.15, 0.2) is 0 Å². The molecule has 1 aromatic carbocycles. The molecule has 1 aromatic rings. The van der Waals surface area contributed by atoms with Gasteiger partial charge in [-0.2, -0.15) is 0 Å². The summed E-state index contributed by atoms with van der Waals surface area (Å²) in [6.45, 7) is 9.12. The molecule has 0 N–H and O–H groups in total. The highest BCUT2D eigenvalue weighted by Gasteiger charge is 2.16. The third-order valence-corrected chi connectivity index (χ3v) is 4.23. The summed E-state index contributed by atoms with van der Waals surface area (Å²) in [6, 6.07) is 9.11. The molecule has 0 atom stereocenters. The number of rotatable bonds is 5. The van der Waals surface area contributed by atoms with Crippen molar-refractivity contribution in [2.45, 2.75) is 40.5 Å². The highest BCUT2D eigenvalue weighted by atomic mass is 79.9. The minimum Gasteiger partial charge on any atom is -0.0922 e. The van der Waals surface area contributed by atoms with Crippen molar-refractivity contribution < 1.29 is 0 Å². The normalized spacial score (nSPS) is 12.1. The molecule has 0 aliphatic rings. The number of hydrogen-bond donors (Lipinski definition) is 0. The first-order valence-electron chi connectivity index (χ1n) is 6.07. The largest absolute Gasteiger partial charge is 0.0922 e. The van der Waals surface area contributed by atoms with E-state index >= 15 is 0 Å². The Labute approximate surface area is 109 Å². The van der Waals surface area contributed by atoms with Crippen LogP contribution >= 0.6 is 15.9 Å². The molecule has 0 saturated carbocycles. The SMILES string of the molecule is CC(C)Cc1ccc(CC(C)(C)CBr)cc1. The van der Waals surface area contributed by atoms with E-state index in [4.69, 9.17) is 0 Å². The third-order valence-electron chi connectivity index (χ3n) is 2.71. The number of benzene rings is 1. The number of alkyl halides is 1. The zero-order valence-corrected chi connectivity index (χ0v) is 12.5. The first kappa shape index (κ1) is 13.8. The topological polar surface area (TPSA) is 0 Å². The summed E-state index contributed by atoms with van der Waals surface area (Å²) in [5, 5.41) is 1.05. The Morgan fingerprint density at radius 3 is 2.00 bits per heavy atom. The van der Waals surface area contributed by atoms with Crippen molar-refractivity contribution in [1.29, 1.82) is 0 Å². The highest BCUT2D eigenvalue weighted by Crippen LogP contribution is 2.24. The first-order chi connectivity index (χ1) is 7.43. The zero-order chi connectivity index (χ0) is 12.2. The molecule has 0 nitrogen and oxygen atoms in total. The van der Waals surface area contributed by atoms with E-state index in [9.17, 15) is 0 Å². The molecule has 0 aliphatic carbocycles. The molecule has 0 amide bonds. The highest BCUT2D eigenvalue weighted by molar-refractivity contribution is 9.09. The number of hydrogen-bond acceptors (Lipinski definition) is 0. The summed E-state index contributed by atoms with van der Waals surface area (Å²) in [7, 11) is 0. The van der Waals surface area contributed by atoms with Gasteiger partial charge in [-0.25, -0.2) is 0 Å². The Morgan fingerprint density at radius 1 is 1.06 bits per heavy atom. The van der Waals surface area contributed by atoms with E-state index in [0.29, 0.717) is 5.41 Å². The van der Waals surface area contributed by atoms with E-state index in [1.54, 1.807) is 0 Å². The molecular formula is C15H23Br. The van der Waals surface area contributed by atoms with Crippen molar-refractivity contribution in [3.05, 3.63) is 35.4 Å². The van der Waals surface area contributed by atoms with Crippen LogP contribution in [0.15, 0.2) is 24.3 Å². The second-order valence-electron chi connectivity index (χ2n) is 5.89. The summed E-state index contributed by atoms with van der Waals surface area (Å²) in [5.74, 6) is 0.741. The monoisotopic (exact) mass is 282 g/mol. The zero-order valence-electron chi connectivity index (χ0n) is 10.9. The molecule has 0 bridgehead atoms. The van der Waals surface area contributed by atoms with E-state index in [1.807, 2.05) is 0 Å². The average molecular weight is 283 g/mol. The minimum atomic E-state index is 0.347. The van der Waals surface area contributed by atoms with E-state index in [0.717, 1.165) is 17.7 Å². The fourth-order valence-corrected chi connectivity index (χ4v) is 2.06. The van der Waals surface area contributed by atoms with Gasteiger partial charge in [-0.05, 0) is 35.3 Å². The van der Waals surface area contributed by atoms with Crippen LogP contribution in [-0.4, -0.2) is 5.33 Å². The van der Waals surface area contributed by atoms with Gasteiger partial charge in [-0.1, -0.05) is 67.9 Å². The molecule has 0 spiro atoms. The van der Waals surface area contributed by atoms with Gasteiger partial charge >= 0.3 is 0 Å². The second kappa shape index (κ2) is 5.86. The molecule has 16 heavy (non-hydrogen) atoms. The van der Waals surface area contributed by atoms with Gasteiger partial charge in [0.25, 0.3) is 0 Å². The van der Waals surface area contributed by atoms with Crippen LogP contribution in [0.4, 0.5) is 0 Å². The maximum absolute atomic E-state index is 3.58. The van der Waals surface area contributed by atoms with E-state index < -0.39 is 0 Å². The van der Waals surface area contributed by atoms with Crippen molar-refractivity contribution in [1.82, 2.24) is 0 Å². The summed E-state index contributed by atoms with van der Waals surface area (Å²) in [4.78, 5) is 0. The lowest BCUT2D eigenvalue weighted by Gasteiger charge is -2.21. The van der Waals surface area contributed by atoms with Gasteiger partial charge in [-0.3, -0.25) is 0 Å². The lowest BCUT2D eigenvalue weighted by atomic mass is 9.87. The Bertz CT molecular complexity index is 309. The van der Waals surface area contributed by atoms with Crippen LogP contribution in [0, 0.1) is 11.3 Å². The van der Waals surface area contributed by atoms with E-state index in [2.05, 4.69) is 67.9 Å². The molecule has 0 aromatic heterocycles. The van der Waals surface area contributed by atoms with Crippen LogP contribution in [0.5, 0.6) is 0 Å². The van der Waals surface area contributed by atoms with Gasteiger partial charge in [0, 0.05) is 5.33 Å². The molecule has 0 heterocycles. The Balaban J connectivity index is 2.64. The minimum absolute atomic E-state index is 0.347. The van der Waals surface area contributed by atoms with Crippen molar-refractivity contribution in [3.8, 4) is 0 Å². The summed E-state index contributed by atoms with van der Waals surface area (Å²) >= 11 is 3.58. The van der Waals surface area contributed by atoms with Gasteiger partial charge in [0.2, 0.25) is 0 Å². The molecule has 1 heteroatoms. The molecule has 0 fully saturated rings. The van der Waals surface area contributed by atoms with E-state index in [1.165, 1.54) is 17.5 Å². The third kappa shape index (κ3) is 4.69. The van der Waals surface area contributed by atoms with Crippen molar-refractivity contribution in [2.24, 2.45) is 11.3 Å². The van der Waals surface area contributed by atoms with Crippen LogP contribution < -0.4 is 0 Å². The lowest BCUT2D eigenvalue weighted by molar-refractivity contribution is 0.425. The lowest BCUT2D eigenvalue weighted by Crippen LogP contribution is -2.16. The van der Waals surface area contributed by atoms with E-state index in [-0.39, 0.29) is 0 Å². The Morgan fingerprint density at radius 2 is 1.56 bits per heavy atom. The predicted octanol–water partition coefficient (Wildman–Crippen LogP) is 4.85. The maximum atomic E-state index is 3.58. The fourth-order valence-electron chi connectivity index (χ4n) is 1.86. The molecule has 0 saturated heterocycles. The van der Waals surface area contributed by atoms with Crippen molar-refractivity contribution in [3.63, 3.8) is 0 Å². The molecule has 0 aliphatic heterocycles. The standard InChI is InChI=1S/C15H23Br/c1-12(2)9-13-5-7-14(8-6-13)10-15(3,4)11-16/h5-8,12H,9-11H2,1-4H3. The average Bonchev–Trinajstić information content (AvgIpc) is 2.20. The van der Waals surface area contributed by atoms with Gasteiger partial charge < -0.3 is 0 Å². The van der Waals surface area contributed by atoms with Gasteiger partial charge in [0.05, 0.1) is 0 Å². The molecule has 0 radical (unpaired) electrons. The van der Waals surface area contributed by atoms with Gasteiger partial charge in [0.1, 0.15) is 0 Å². The Hall–Kier alpha value is -0.300. The van der Waals surface area contributed by atoms with Crippen LogP contribution in [-0.2, 0) is 12.8 Å². The summed E-state index contributed by atoms with van der Waals surface area (Å²) in [5.41, 5.74) is 3.24. The molecule has 1 rings (SSSR count). The first-order valence-corrected chi connectivity index (χ1v) is 7.19. The van der Waals surface area contributed by atoms with Crippen LogP contribution in [0.3, 0.4) is 0 Å². The van der Waals surface area contributed by atoms with Crippen molar-refractivity contribution in [2.75, 3.05) is 5.33 Å². The summed E-state index contributed by atoms with van der Waals surface area (Å²) < 4.78 is 0. The van der Waals surface area contributed by atoms with Crippen molar-refractivity contribution >= 4 is 15.9 Å². The van der Waals surface area contributed by atoms with Crippen LogP contribution in [0.25, 0.3) is 0 Å². The predicted molar refractivity (Wildman–Crippen MR) is 76.3 cm³/mol. The maximum Gasteiger partial charge on any atom is 0.00858 e. The molecule has 90 valence electrons. The van der Waals surface area contributed by atoms with Crippen LogP contribution in [0.1, 0.15) is 38.8 Å². The quantitative estimate of drug-likeness (QED) is 0.678. The summed E-state index contributed by atoms with van der Waals surface area (Å²) in [6.07, 6.45) is 2.32.